The lowest BCUT2D eigenvalue weighted by Crippen LogP contribution is -2.26. The molecule has 0 saturated carbocycles. The van der Waals surface area contributed by atoms with Crippen molar-refractivity contribution < 1.29 is 17.7 Å². The SMILES string of the molecule is CN1C(=O)Cc2cc(S(=O)(=O)NCCc3nc(-c4ccccc4)no3)ccc21. The van der Waals surface area contributed by atoms with Crippen molar-refractivity contribution in [1.29, 1.82) is 0 Å². The molecule has 0 atom stereocenters. The van der Waals surface area contributed by atoms with E-state index in [9.17, 15) is 13.2 Å². The van der Waals surface area contributed by atoms with Crippen molar-refractivity contribution >= 4 is 21.6 Å². The van der Waals surface area contributed by atoms with E-state index in [0.717, 1.165) is 11.3 Å². The Morgan fingerprint density at radius 2 is 1.96 bits per heavy atom. The van der Waals surface area contributed by atoms with Crippen LogP contribution in [0.3, 0.4) is 0 Å². The summed E-state index contributed by atoms with van der Waals surface area (Å²) in [4.78, 5) is 17.7. The number of hydrogen-bond donors (Lipinski definition) is 1. The first kappa shape index (κ1) is 18.3. The predicted octanol–water partition coefficient (Wildman–Crippen LogP) is 1.78. The summed E-state index contributed by atoms with van der Waals surface area (Å²) in [7, 11) is -2.03. The van der Waals surface area contributed by atoms with Gasteiger partial charge < -0.3 is 9.42 Å². The van der Waals surface area contributed by atoms with Gasteiger partial charge in [-0.05, 0) is 23.8 Å². The van der Waals surface area contributed by atoms with Crippen LogP contribution in [0.4, 0.5) is 5.69 Å². The van der Waals surface area contributed by atoms with E-state index in [0.29, 0.717) is 17.3 Å². The number of likely N-dealkylation sites (N-methyl/N-ethyl adjacent to an activating group) is 1. The zero-order valence-corrected chi connectivity index (χ0v) is 15.9. The molecule has 8 nitrogen and oxygen atoms in total. The summed E-state index contributed by atoms with van der Waals surface area (Å²) in [6.07, 6.45) is 0.477. The highest BCUT2D eigenvalue weighted by molar-refractivity contribution is 7.89. The summed E-state index contributed by atoms with van der Waals surface area (Å²) in [6, 6.07) is 14.1. The summed E-state index contributed by atoms with van der Waals surface area (Å²) in [5.41, 5.74) is 2.28. The summed E-state index contributed by atoms with van der Waals surface area (Å²) >= 11 is 0. The van der Waals surface area contributed by atoms with Crippen molar-refractivity contribution in [2.75, 3.05) is 18.5 Å². The van der Waals surface area contributed by atoms with E-state index in [1.807, 2.05) is 30.3 Å². The predicted molar refractivity (Wildman–Crippen MR) is 102 cm³/mol. The highest BCUT2D eigenvalue weighted by atomic mass is 32.2. The second-order valence-electron chi connectivity index (χ2n) is 6.45. The minimum atomic E-state index is -3.70. The maximum absolute atomic E-state index is 12.5. The molecule has 1 aromatic heterocycles. The van der Waals surface area contributed by atoms with E-state index >= 15 is 0 Å². The Hall–Kier alpha value is -3.04. The van der Waals surface area contributed by atoms with Crippen LogP contribution in [0.1, 0.15) is 11.5 Å². The summed E-state index contributed by atoms with van der Waals surface area (Å²) in [6.45, 7) is 0.120. The number of fused-ring (bicyclic) bond motifs is 1. The lowest BCUT2D eigenvalue weighted by atomic mass is 10.2. The average molecular weight is 398 g/mol. The molecular weight excluding hydrogens is 380 g/mol. The third-order valence-electron chi connectivity index (χ3n) is 4.57. The molecule has 0 unspecified atom stereocenters. The van der Waals surface area contributed by atoms with Crippen LogP contribution in [-0.4, -0.2) is 38.1 Å². The smallest absolute Gasteiger partial charge is 0.240 e. The molecule has 0 saturated heterocycles. The topological polar surface area (TPSA) is 105 Å². The molecule has 144 valence electrons. The molecular formula is C19H18N4O4S. The van der Waals surface area contributed by atoms with Gasteiger partial charge in [-0.25, -0.2) is 13.1 Å². The van der Waals surface area contributed by atoms with Crippen molar-refractivity contribution in [2.24, 2.45) is 0 Å². The molecule has 1 aliphatic rings. The van der Waals surface area contributed by atoms with Gasteiger partial charge in [0.05, 0.1) is 11.3 Å². The zero-order chi connectivity index (χ0) is 19.7. The van der Waals surface area contributed by atoms with Crippen LogP contribution in [0, 0.1) is 0 Å². The molecule has 0 radical (unpaired) electrons. The number of anilines is 1. The summed E-state index contributed by atoms with van der Waals surface area (Å²) in [5.74, 6) is 0.761. The number of nitrogens with one attached hydrogen (secondary N) is 1. The first-order valence-electron chi connectivity index (χ1n) is 8.71. The minimum Gasteiger partial charge on any atom is -0.339 e. The van der Waals surface area contributed by atoms with Crippen molar-refractivity contribution in [1.82, 2.24) is 14.9 Å². The van der Waals surface area contributed by atoms with Gasteiger partial charge in [0.25, 0.3) is 0 Å². The number of rotatable bonds is 6. The third-order valence-corrected chi connectivity index (χ3v) is 6.03. The number of nitrogens with zero attached hydrogens (tertiary/aromatic N) is 3. The molecule has 1 N–H and O–H groups in total. The van der Waals surface area contributed by atoms with Gasteiger partial charge in [0.1, 0.15) is 0 Å². The number of aromatic nitrogens is 2. The van der Waals surface area contributed by atoms with Crippen LogP contribution < -0.4 is 9.62 Å². The largest absolute Gasteiger partial charge is 0.339 e. The highest BCUT2D eigenvalue weighted by Crippen LogP contribution is 2.29. The van der Waals surface area contributed by atoms with E-state index in [-0.39, 0.29) is 30.2 Å². The van der Waals surface area contributed by atoms with E-state index in [4.69, 9.17) is 4.52 Å². The van der Waals surface area contributed by atoms with E-state index in [2.05, 4.69) is 14.9 Å². The Morgan fingerprint density at radius 3 is 2.75 bits per heavy atom. The van der Waals surface area contributed by atoms with Crippen molar-refractivity contribution in [2.45, 2.75) is 17.7 Å². The fourth-order valence-corrected chi connectivity index (χ4v) is 4.13. The lowest BCUT2D eigenvalue weighted by Gasteiger charge is -2.11. The van der Waals surface area contributed by atoms with Gasteiger partial charge in [-0.3, -0.25) is 4.79 Å². The molecule has 0 fully saturated rings. The molecule has 4 rings (SSSR count). The molecule has 28 heavy (non-hydrogen) atoms. The number of amides is 1. The average Bonchev–Trinajstić information content (AvgIpc) is 3.27. The van der Waals surface area contributed by atoms with Gasteiger partial charge in [-0.15, -0.1) is 0 Å². The van der Waals surface area contributed by atoms with Gasteiger partial charge in [0.2, 0.25) is 27.6 Å². The first-order valence-corrected chi connectivity index (χ1v) is 10.2. The Bertz CT molecular complexity index is 1130. The van der Waals surface area contributed by atoms with E-state index in [1.165, 1.54) is 11.0 Å². The van der Waals surface area contributed by atoms with Gasteiger partial charge in [-0.2, -0.15) is 4.98 Å². The van der Waals surface area contributed by atoms with E-state index < -0.39 is 10.0 Å². The maximum Gasteiger partial charge on any atom is 0.240 e. The number of carbonyl (C=O) groups excluding carboxylic acids is 1. The molecule has 1 amide bonds. The zero-order valence-electron chi connectivity index (χ0n) is 15.1. The normalized spacial score (nSPS) is 13.8. The molecule has 0 aliphatic carbocycles. The summed E-state index contributed by atoms with van der Waals surface area (Å²) < 4.78 is 32.8. The maximum atomic E-state index is 12.5. The molecule has 3 aromatic rings. The molecule has 2 heterocycles. The second kappa shape index (κ2) is 7.17. The van der Waals surface area contributed by atoms with Crippen LogP contribution in [0.5, 0.6) is 0 Å². The number of sulfonamides is 1. The number of benzene rings is 2. The molecule has 0 spiro atoms. The Balaban J connectivity index is 1.41. The van der Waals surface area contributed by atoms with Crippen LogP contribution in [-0.2, 0) is 27.7 Å². The highest BCUT2D eigenvalue weighted by Gasteiger charge is 2.26. The monoisotopic (exact) mass is 398 g/mol. The van der Waals surface area contributed by atoms with Gasteiger partial charge in [0, 0.05) is 31.3 Å². The van der Waals surface area contributed by atoms with Crippen LogP contribution in [0.2, 0.25) is 0 Å². The Morgan fingerprint density at radius 1 is 1.18 bits per heavy atom. The Labute approximate surface area is 162 Å². The van der Waals surface area contributed by atoms with Crippen LogP contribution in [0.15, 0.2) is 57.9 Å². The minimum absolute atomic E-state index is 0.0527. The van der Waals surface area contributed by atoms with Crippen molar-refractivity contribution in [3.8, 4) is 11.4 Å². The van der Waals surface area contributed by atoms with Crippen LogP contribution in [0.25, 0.3) is 11.4 Å². The fraction of sp³-hybridized carbons (Fsp3) is 0.211. The van der Waals surface area contributed by atoms with Gasteiger partial charge >= 0.3 is 0 Å². The molecule has 1 aliphatic heterocycles. The number of carbonyl (C=O) groups is 1. The molecule has 9 heteroatoms. The van der Waals surface area contributed by atoms with Gasteiger partial charge in [0.15, 0.2) is 0 Å². The molecule has 2 aromatic carbocycles. The lowest BCUT2D eigenvalue weighted by molar-refractivity contribution is -0.117. The number of hydrogen-bond acceptors (Lipinski definition) is 6. The first-order chi connectivity index (χ1) is 13.4. The summed E-state index contributed by atoms with van der Waals surface area (Å²) in [5, 5.41) is 3.91. The van der Waals surface area contributed by atoms with Crippen molar-refractivity contribution in [3.05, 3.63) is 60.0 Å². The molecule has 0 bridgehead atoms. The van der Waals surface area contributed by atoms with Crippen molar-refractivity contribution in [3.63, 3.8) is 0 Å². The quantitative estimate of drug-likeness (QED) is 0.678. The van der Waals surface area contributed by atoms with E-state index in [1.54, 1.807) is 19.2 Å². The fourth-order valence-electron chi connectivity index (χ4n) is 3.05. The Kier molecular flexibility index (Phi) is 4.70. The third kappa shape index (κ3) is 3.54. The van der Waals surface area contributed by atoms with Crippen LogP contribution >= 0.6 is 0 Å². The standard InChI is InChI=1S/C19H18N4O4S/c1-23-16-8-7-15(11-14(16)12-18(23)24)28(25,26)20-10-9-17-21-19(22-27-17)13-5-3-2-4-6-13/h2-8,11,20H,9-10,12H2,1H3. The van der Waals surface area contributed by atoms with Gasteiger partial charge in [-0.1, -0.05) is 35.5 Å². The second-order valence-corrected chi connectivity index (χ2v) is 8.21.